The number of ether oxygens (including phenoxy) is 1. The lowest BCUT2D eigenvalue weighted by molar-refractivity contribution is -0.123. The molecule has 0 atom stereocenters. The van der Waals surface area contributed by atoms with Gasteiger partial charge in [-0.1, -0.05) is 0 Å². The van der Waals surface area contributed by atoms with Crippen LogP contribution < -0.4 is 0 Å². The molecule has 1 aromatic rings. The Morgan fingerprint density at radius 3 is 3.06 bits per heavy atom. The average molecular weight is 267 g/mol. The van der Waals surface area contributed by atoms with Crippen molar-refractivity contribution >= 4 is 23.1 Å². The lowest BCUT2D eigenvalue weighted by atomic mass is 9.96. The molecular formula is C13H17NO3S. The maximum atomic E-state index is 11.8. The van der Waals surface area contributed by atoms with Gasteiger partial charge in [0.15, 0.2) is 0 Å². The van der Waals surface area contributed by atoms with Crippen LogP contribution in [0.3, 0.4) is 0 Å². The molecule has 0 radical (unpaired) electrons. The molecule has 2 rings (SSSR count). The monoisotopic (exact) mass is 267 g/mol. The summed E-state index contributed by atoms with van der Waals surface area (Å²) in [4.78, 5) is 16.0. The third-order valence-electron chi connectivity index (χ3n) is 2.88. The number of Topliss-reactive ketones (excluding diaryl/α,β-unsaturated/α-hetero) is 1. The van der Waals surface area contributed by atoms with Crippen molar-refractivity contribution in [3.63, 3.8) is 0 Å². The number of nitrogens with zero attached hydrogens (tertiary/aromatic N) is 1. The summed E-state index contributed by atoms with van der Waals surface area (Å²) in [6, 6.07) is 3.72. The van der Waals surface area contributed by atoms with Crippen LogP contribution in [0.5, 0.6) is 0 Å². The van der Waals surface area contributed by atoms with E-state index >= 15 is 0 Å². The average Bonchev–Trinajstić information content (AvgIpc) is 2.92. The van der Waals surface area contributed by atoms with Crippen molar-refractivity contribution in [2.24, 2.45) is 10.9 Å². The molecule has 1 aliphatic heterocycles. The number of thioether (sulfide) groups is 1. The van der Waals surface area contributed by atoms with Crippen LogP contribution in [0.25, 0.3) is 0 Å². The van der Waals surface area contributed by atoms with Crippen LogP contribution in [0.1, 0.15) is 18.6 Å². The molecule has 0 saturated carbocycles. The van der Waals surface area contributed by atoms with E-state index in [1.165, 1.54) is 11.8 Å². The Bertz CT molecular complexity index is 383. The lowest BCUT2D eigenvalue weighted by Crippen LogP contribution is -2.24. The molecule has 1 fully saturated rings. The molecule has 0 amide bonds. The van der Waals surface area contributed by atoms with E-state index in [4.69, 9.17) is 9.15 Å². The van der Waals surface area contributed by atoms with Gasteiger partial charge in [-0.15, -0.1) is 11.8 Å². The van der Waals surface area contributed by atoms with E-state index in [2.05, 4.69) is 4.99 Å². The first-order chi connectivity index (χ1) is 8.86. The molecule has 0 N–H and O–H groups in total. The maximum absolute atomic E-state index is 11.8. The highest BCUT2D eigenvalue weighted by molar-refractivity contribution is 8.12. The van der Waals surface area contributed by atoms with Crippen LogP contribution >= 0.6 is 11.8 Å². The molecule has 0 aromatic carbocycles. The number of rotatable bonds is 6. The van der Waals surface area contributed by atoms with Crippen molar-refractivity contribution in [2.45, 2.75) is 19.4 Å². The number of aliphatic imine (C=N–C) groups is 1. The quantitative estimate of drug-likeness (QED) is 0.587. The van der Waals surface area contributed by atoms with Crippen molar-refractivity contribution in [1.82, 2.24) is 0 Å². The molecule has 4 nitrogen and oxygen atoms in total. The highest BCUT2D eigenvalue weighted by Crippen LogP contribution is 2.17. The third kappa shape index (κ3) is 4.31. The summed E-state index contributed by atoms with van der Waals surface area (Å²) < 4.78 is 10.4. The van der Waals surface area contributed by atoms with Crippen LogP contribution in [0.15, 0.2) is 27.8 Å². The topological polar surface area (TPSA) is 51.8 Å². The van der Waals surface area contributed by atoms with Gasteiger partial charge >= 0.3 is 0 Å². The molecule has 5 heteroatoms. The second-order valence-electron chi connectivity index (χ2n) is 4.19. The van der Waals surface area contributed by atoms with Crippen molar-refractivity contribution in [3.8, 4) is 0 Å². The van der Waals surface area contributed by atoms with E-state index in [0.717, 1.165) is 18.6 Å². The fraction of sp³-hybridized carbons (Fsp3) is 0.538. The summed E-state index contributed by atoms with van der Waals surface area (Å²) in [6.45, 7) is 1.97. The molecule has 1 aromatic heterocycles. The molecule has 0 unspecified atom stereocenters. The Labute approximate surface area is 111 Å². The first-order valence-electron chi connectivity index (χ1n) is 6.09. The fourth-order valence-electron chi connectivity index (χ4n) is 1.84. The van der Waals surface area contributed by atoms with Gasteiger partial charge in [0, 0.05) is 19.1 Å². The highest BCUT2D eigenvalue weighted by Gasteiger charge is 2.20. The highest BCUT2D eigenvalue weighted by atomic mass is 32.2. The van der Waals surface area contributed by atoms with E-state index in [0.29, 0.717) is 31.3 Å². The summed E-state index contributed by atoms with van der Waals surface area (Å²) >= 11 is 1.45. The van der Waals surface area contributed by atoms with E-state index in [-0.39, 0.29) is 5.92 Å². The van der Waals surface area contributed by atoms with Gasteiger partial charge in [0.25, 0.3) is 0 Å². The Balaban J connectivity index is 1.62. The van der Waals surface area contributed by atoms with Gasteiger partial charge in [0.2, 0.25) is 0 Å². The van der Waals surface area contributed by atoms with E-state index in [1.807, 2.05) is 12.1 Å². The smallest absolute Gasteiger partial charge is 0.146 e. The minimum Gasteiger partial charge on any atom is -0.467 e. The largest absolute Gasteiger partial charge is 0.467 e. The van der Waals surface area contributed by atoms with E-state index in [1.54, 1.807) is 11.8 Å². The molecule has 1 aliphatic rings. The van der Waals surface area contributed by atoms with Gasteiger partial charge in [-0.05, 0) is 25.0 Å². The minimum absolute atomic E-state index is 0.185. The summed E-state index contributed by atoms with van der Waals surface area (Å²) in [5.74, 6) is 1.84. The van der Waals surface area contributed by atoms with Gasteiger partial charge in [0.05, 0.1) is 24.1 Å². The first-order valence-corrected chi connectivity index (χ1v) is 7.14. The molecule has 1 saturated heterocycles. The Morgan fingerprint density at radius 2 is 2.33 bits per heavy atom. The third-order valence-corrected chi connectivity index (χ3v) is 3.63. The summed E-state index contributed by atoms with van der Waals surface area (Å²) in [5.41, 5.74) is 1.74. The maximum Gasteiger partial charge on any atom is 0.146 e. The number of carbonyl (C=O) groups excluding carboxylic acids is 1. The van der Waals surface area contributed by atoms with Gasteiger partial charge < -0.3 is 9.15 Å². The molecular weight excluding hydrogens is 250 g/mol. The second kappa shape index (κ2) is 7.38. The van der Waals surface area contributed by atoms with Crippen molar-refractivity contribution in [3.05, 3.63) is 24.2 Å². The number of carbonyl (C=O) groups is 1. The zero-order chi connectivity index (χ0) is 12.6. The molecule has 0 bridgehead atoms. The normalized spacial score (nSPS) is 17.3. The SMILES string of the molecule is O=C(CSC=NCc1ccco1)C1CCOCC1. The Morgan fingerprint density at radius 1 is 1.50 bits per heavy atom. The van der Waals surface area contributed by atoms with Crippen LogP contribution in [0, 0.1) is 5.92 Å². The minimum atomic E-state index is 0.185. The molecule has 98 valence electrons. The van der Waals surface area contributed by atoms with Crippen LogP contribution in [0.4, 0.5) is 0 Å². The predicted octanol–water partition coefficient (Wildman–Crippen LogP) is 2.54. The second-order valence-corrected chi connectivity index (χ2v) is 5.02. The van der Waals surface area contributed by atoms with Gasteiger partial charge in [-0.2, -0.15) is 0 Å². The van der Waals surface area contributed by atoms with Crippen LogP contribution in [-0.4, -0.2) is 30.3 Å². The van der Waals surface area contributed by atoms with Crippen molar-refractivity contribution in [2.75, 3.05) is 19.0 Å². The van der Waals surface area contributed by atoms with E-state index in [9.17, 15) is 4.79 Å². The van der Waals surface area contributed by atoms with Gasteiger partial charge in [-0.3, -0.25) is 9.79 Å². The van der Waals surface area contributed by atoms with Crippen LogP contribution in [0.2, 0.25) is 0 Å². The standard InChI is InChI=1S/C13H17NO3S/c15-13(11-3-6-16-7-4-11)9-18-10-14-8-12-2-1-5-17-12/h1-2,5,10-11H,3-4,6-9H2. The zero-order valence-corrected chi connectivity index (χ0v) is 11.0. The summed E-state index contributed by atoms with van der Waals surface area (Å²) in [5, 5.41) is 0. The molecule has 2 heterocycles. The summed E-state index contributed by atoms with van der Waals surface area (Å²) in [6.07, 6.45) is 3.36. The fourth-order valence-corrected chi connectivity index (χ4v) is 2.49. The number of furan rings is 1. The Hall–Kier alpha value is -1.07. The van der Waals surface area contributed by atoms with Gasteiger partial charge in [0.1, 0.15) is 11.5 Å². The predicted molar refractivity (Wildman–Crippen MR) is 71.9 cm³/mol. The Kier molecular flexibility index (Phi) is 5.48. The summed E-state index contributed by atoms with van der Waals surface area (Å²) in [7, 11) is 0. The zero-order valence-electron chi connectivity index (χ0n) is 10.2. The first kappa shape index (κ1) is 13.4. The van der Waals surface area contributed by atoms with Crippen molar-refractivity contribution < 1.29 is 13.9 Å². The van der Waals surface area contributed by atoms with E-state index < -0.39 is 0 Å². The molecule has 0 spiro atoms. The molecule has 18 heavy (non-hydrogen) atoms. The number of ketones is 1. The number of hydrogen-bond acceptors (Lipinski definition) is 5. The van der Waals surface area contributed by atoms with Gasteiger partial charge in [-0.25, -0.2) is 0 Å². The van der Waals surface area contributed by atoms with Crippen molar-refractivity contribution in [1.29, 1.82) is 0 Å². The number of hydrogen-bond donors (Lipinski definition) is 0. The molecule has 0 aliphatic carbocycles. The lowest BCUT2D eigenvalue weighted by Gasteiger charge is -2.20. The van der Waals surface area contributed by atoms with Crippen LogP contribution in [-0.2, 0) is 16.1 Å².